The van der Waals surface area contributed by atoms with Crippen LogP contribution in [0.3, 0.4) is 0 Å². The van der Waals surface area contributed by atoms with Crippen molar-refractivity contribution in [1.82, 2.24) is 39.5 Å². The van der Waals surface area contributed by atoms with Crippen molar-refractivity contribution in [2.75, 3.05) is 56.7 Å². The first kappa shape index (κ1) is 36.0. The predicted octanol–water partition coefficient (Wildman–Crippen LogP) is 3.30. The van der Waals surface area contributed by atoms with E-state index < -0.39 is 29.7 Å². The Morgan fingerprint density at radius 2 is 1.79 bits per heavy atom. The number of benzene rings is 2. The van der Waals surface area contributed by atoms with Crippen LogP contribution in [0.15, 0.2) is 55.1 Å². The lowest BCUT2D eigenvalue weighted by atomic mass is 9.95. The van der Waals surface area contributed by atoms with Gasteiger partial charge in [0, 0.05) is 86.9 Å². The average Bonchev–Trinajstić information content (AvgIpc) is 3.70. The van der Waals surface area contributed by atoms with Crippen molar-refractivity contribution in [1.29, 1.82) is 0 Å². The topological polar surface area (TPSA) is 186 Å². The summed E-state index contributed by atoms with van der Waals surface area (Å²) in [6.07, 6.45) is 11.3. The van der Waals surface area contributed by atoms with Gasteiger partial charge < -0.3 is 24.6 Å². The van der Waals surface area contributed by atoms with Crippen LogP contribution in [0.4, 0.5) is 11.4 Å². The number of amides is 5. The number of methoxy groups -OCH3 is 1. The molecule has 17 nitrogen and oxygen atoms in total. The second kappa shape index (κ2) is 14.2. The van der Waals surface area contributed by atoms with Crippen LogP contribution in [0.25, 0.3) is 16.6 Å². The third-order valence-corrected chi connectivity index (χ3v) is 12.0. The number of likely N-dealkylation sites (tertiary alicyclic amines) is 1. The maximum Gasteiger partial charge on any atom is 0.266 e. The first-order valence-corrected chi connectivity index (χ1v) is 19.9. The number of hydrogen-bond donors (Lipinski definition) is 2. The first-order valence-electron chi connectivity index (χ1n) is 19.9. The largest absolute Gasteiger partial charge is 0.496 e. The minimum atomic E-state index is -1.03. The van der Waals surface area contributed by atoms with Gasteiger partial charge in [-0.3, -0.25) is 38.9 Å². The molecule has 10 rings (SSSR count). The van der Waals surface area contributed by atoms with Gasteiger partial charge in [0.25, 0.3) is 17.7 Å². The fourth-order valence-electron chi connectivity index (χ4n) is 8.66. The van der Waals surface area contributed by atoms with Crippen molar-refractivity contribution in [2.45, 2.75) is 50.6 Å². The van der Waals surface area contributed by atoms with Crippen molar-refractivity contribution >= 4 is 57.5 Å². The van der Waals surface area contributed by atoms with Gasteiger partial charge in [-0.25, -0.2) is 9.50 Å². The molecule has 3 saturated heterocycles. The van der Waals surface area contributed by atoms with Crippen LogP contribution in [0.5, 0.6) is 11.5 Å². The summed E-state index contributed by atoms with van der Waals surface area (Å²) in [4.78, 5) is 74.6. The van der Waals surface area contributed by atoms with Crippen LogP contribution >= 0.6 is 0 Å². The number of aromatic nitrogens is 5. The van der Waals surface area contributed by atoms with Crippen LogP contribution in [0.1, 0.15) is 75.6 Å². The highest BCUT2D eigenvalue weighted by molar-refractivity contribution is 6.25. The molecule has 2 aromatic carbocycles. The predicted molar refractivity (Wildman–Crippen MR) is 209 cm³/mol. The number of nitrogens with zero attached hydrogens (tertiary/aromatic N) is 8. The van der Waals surface area contributed by atoms with E-state index in [4.69, 9.17) is 14.6 Å². The maximum absolute atomic E-state index is 13.5. The van der Waals surface area contributed by atoms with E-state index in [0.29, 0.717) is 46.8 Å². The van der Waals surface area contributed by atoms with Gasteiger partial charge in [-0.15, -0.1) is 0 Å². The third kappa shape index (κ3) is 6.48. The lowest BCUT2D eigenvalue weighted by Gasteiger charge is -2.44. The molecule has 0 bridgehead atoms. The summed E-state index contributed by atoms with van der Waals surface area (Å²) < 4.78 is 15.5. The Hall–Kier alpha value is -6.36. The molecule has 5 aliphatic rings. The molecule has 4 aliphatic heterocycles. The lowest BCUT2D eigenvalue weighted by Crippen LogP contribution is -2.54. The average molecular weight is 787 g/mol. The van der Waals surface area contributed by atoms with E-state index in [9.17, 15) is 24.0 Å². The Morgan fingerprint density at radius 3 is 2.57 bits per heavy atom. The van der Waals surface area contributed by atoms with Gasteiger partial charge in [0.1, 0.15) is 23.1 Å². The highest BCUT2D eigenvalue weighted by Gasteiger charge is 2.47. The second-order valence-corrected chi connectivity index (χ2v) is 16.0. The SMILES string of the molecule is COc1cc(N2CC(CN3CCC(n4cc5cc(NC(=O)c6cnn7cccnc67)c(OCC6CC6)cc5n4)CC3)C2)cc2c1C(=O)N(C1CCC(=O)NC1=O)C2=O. The molecule has 1 aliphatic carbocycles. The number of carbonyl (C=O) groups excluding carboxylic acids is 5. The van der Waals surface area contributed by atoms with Crippen molar-refractivity contribution in [3.8, 4) is 11.5 Å². The van der Waals surface area contributed by atoms with E-state index in [1.807, 2.05) is 12.1 Å². The molecular weight excluding hydrogens is 745 g/mol. The summed E-state index contributed by atoms with van der Waals surface area (Å²) in [5.41, 5.74) is 3.42. The zero-order valence-corrected chi connectivity index (χ0v) is 31.9. The highest BCUT2D eigenvalue weighted by atomic mass is 16.5. The van der Waals surface area contributed by atoms with E-state index in [2.05, 4.69) is 41.4 Å². The number of rotatable bonds is 11. The Bertz CT molecular complexity index is 2510. The van der Waals surface area contributed by atoms with Crippen molar-refractivity contribution in [2.24, 2.45) is 11.8 Å². The molecule has 17 heteroatoms. The summed E-state index contributed by atoms with van der Waals surface area (Å²) >= 11 is 0. The number of piperidine rings is 2. The number of anilines is 2. The van der Waals surface area contributed by atoms with Gasteiger partial charge in [0.15, 0.2) is 5.65 Å². The van der Waals surface area contributed by atoms with E-state index >= 15 is 0 Å². The van der Waals surface area contributed by atoms with Gasteiger partial charge in [-0.05, 0) is 56.2 Å². The van der Waals surface area contributed by atoms with Crippen molar-refractivity contribution in [3.63, 3.8) is 0 Å². The van der Waals surface area contributed by atoms with Crippen LogP contribution in [0, 0.1) is 11.8 Å². The molecule has 298 valence electrons. The van der Waals surface area contributed by atoms with Crippen molar-refractivity contribution < 1.29 is 33.4 Å². The summed E-state index contributed by atoms with van der Waals surface area (Å²) in [6, 6.07) is 8.33. The number of carbonyl (C=O) groups is 5. The molecule has 0 spiro atoms. The Kier molecular flexibility index (Phi) is 8.84. The Morgan fingerprint density at radius 1 is 0.966 bits per heavy atom. The van der Waals surface area contributed by atoms with Crippen LogP contribution in [0.2, 0.25) is 0 Å². The van der Waals surface area contributed by atoms with Gasteiger partial charge in [0.2, 0.25) is 11.8 Å². The quantitative estimate of drug-likeness (QED) is 0.187. The van der Waals surface area contributed by atoms with Crippen LogP contribution < -0.4 is 25.0 Å². The molecule has 58 heavy (non-hydrogen) atoms. The number of nitrogens with one attached hydrogen (secondary N) is 2. The van der Waals surface area contributed by atoms with Gasteiger partial charge >= 0.3 is 0 Å². The molecule has 3 aromatic heterocycles. The molecule has 1 atom stereocenters. The third-order valence-electron chi connectivity index (χ3n) is 12.0. The standard InChI is InChI=1S/C41H42N10O7/c1-57-34-15-27(14-28-36(34)41(56)51(40(28)55)32-5-6-35(52)45-39(32)54)48-19-24(20-48)18-47-11-7-26(8-12-47)50-21-25-13-31(33(16-30(25)46-50)58-22-23-3-4-23)44-38(53)29-17-43-49-10-2-9-42-37(29)49/h2,9-10,13-17,21,23-24,26,32H,3-8,11-12,18-20,22H2,1H3,(H,44,53)(H,45,52,54). The monoisotopic (exact) mass is 786 g/mol. The molecule has 5 aromatic rings. The number of imide groups is 2. The Balaban J connectivity index is 0.771. The van der Waals surface area contributed by atoms with Gasteiger partial charge in [0.05, 0.1) is 48.3 Å². The number of hydrogen-bond acceptors (Lipinski definition) is 12. The zero-order valence-electron chi connectivity index (χ0n) is 31.9. The lowest BCUT2D eigenvalue weighted by molar-refractivity contribution is -0.136. The fraction of sp³-hybridized carbons (Fsp3) is 0.415. The van der Waals surface area contributed by atoms with Crippen LogP contribution in [-0.2, 0) is 9.59 Å². The van der Waals surface area contributed by atoms with Crippen LogP contribution in [-0.4, -0.2) is 116 Å². The van der Waals surface area contributed by atoms with E-state index in [1.54, 1.807) is 35.1 Å². The summed E-state index contributed by atoms with van der Waals surface area (Å²) in [6.45, 7) is 4.99. The second-order valence-electron chi connectivity index (χ2n) is 16.0. The van der Waals surface area contributed by atoms with E-state index in [0.717, 1.165) is 79.9 Å². The molecule has 1 unspecified atom stereocenters. The summed E-state index contributed by atoms with van der Waals surface area (Å²) in [5.74, 6) is -0.642. The molecule has 2 N–H and O–H groups in total. The van der Waals surface area contributed by atoms with Crippen molar-refractivity contribution in [3.05, 3.63) is 71.8 Å². The zero-order chi connectivity index (χ0) is 39.7. The molecule has 1 saturated carbocycles. The number of ether oxygens (including phenoxy) is 2. The minimum Gasteiger partial charge on any atom is -0.496 e. The molecule has 7 heterocycles. The van der Waals surface area contributed by atoms with Gasteiger partial charge in [-0.2, -0.15) is 10.2 Å². The van der Waals surface area contributed by atoms with E-state index in [-0.39, 0.29) is 35.9 Å². The smallest absolute Gasteiger partial charge is 0.266 e. The highest BCUT2D eigenvalue weighted by Crippen LogP contribution is 2.40. The van der Waals surface area contributed by atoms with E-state index in [1.165, 1.54) is 13.3 Å². The summed E-state index contributed by atoms with van der Waals surface area (Å²) in [5, 5.41) is 15.4. The molecule has 0 radical (unpaired) electrons. The normalized spacial score (nSPS) is 20.5. The molecule has 5 amide bonds. The molecular formula is C41H42N10O7. The minimum absolute atomic E-state index is 0.0599. The molecule has 4 fully saturated rings. The Labute approximate surface area is 332 Å². The number of fused-ring (bicyclic) bond motifs is 3. The fourth-order valence-corrected chi connectivity index (χ4v) is 8.66. The maximum atomic E-state index is 13.5. The summed E-state index contributed by atoms with van der Waals surface area (Å²) in [7, 11) is 1.46. The first-order chi connectivity index (χ1) is 28.2. The van der Waals surface area contributed by atoms with Gasteiger partial charge in [-0.1, -0.05) is 0 Å².